The summed E-state index contributed by atoms with van der Waals surface area (Å²) in [6, 6.07) is 23.0. The van der Waals surface area contributed by atoms with Crippen molar-refractivity contribution in [3.05, 3.63) is 111 Å². The number of carbonyl (C=O) groups is 1. The number of rotatable bonds is 7. The van der Waals surface area contributed by atoms with Gasteiger partial charge < -0.3 is 9.15 Å². The third kappa shape index (κ3) is 4.98. The highest BCUT2D eigenvalue weighted by Gasteiger charge is 2.22. The number of hydrogen-bond donors (Lipinski definition) is 1. The standard InChI is InChI=1S/C27H21ClN2O3S/c1-17-6-12-20(13-7-17)32-16-23-22-4-2-3-5-24(22)33-25(23)26(31)30-27-29-15-21(34-27)14-18-8-10-19(28)11-9-18/h2-13,15H,14,16H2,1H3,(H,29,30,31). The molecule has 5 nitrogen and oxygen atoms in total. The summed E-state index contributed by atoms with van der Waals surface area (Å²) in [4.78, 5) is 18.6. The lowest BCUT2D eigenvalue weighted by Gasteiger charge is -2.07. The fourth-order valence-electron chi connectivity index (χ4n) is 3.62. The van der Waals surface area contributed by atoms with Gasteiger partial charge in [-0.15, -0.1) is 11.3 Å². The van der Waals surface area contributed by atoms with Gasteiger partial charge in [-0.05, 0) is 42.8 Å². The number of ether oxygens (including phenoxy) is 1. The molecule has 0 unspecified atom stereocenters. The van der Waals surface area contributed by atoms with E-state index in [1.54, 1.807) is 6.20 Å². The van der Waals surface area contributed by atoms with E-state index >= 15 is 0 Å². The fourth-order valence-corrected chi connectivity index (χ4v) is 4.59. The number of amides is 1. The number of carbonyl (C=O) groups excluding carboxylic acids is 1. The fraction of sp³-hybridized carbons (Fsp3) is 0.111. The largest absolute Gasteiger partial charge is 0.489 e. The average molecular weight is 489 g/mol. The minimum atomic E-state index is -0.355. The summed E-state index contributed by atoms with van der Waals surface area (Å²) < 4.78 is 11.9. The molecule has 1 N–H and O–H groups in total. The van der Waals surface area contributed by atoms with Crippen molar-refractivity contribution in [2.24, 2.45) is 0 Å². The van der Waals surface area contributed by atoms with Crippen LogP contribution in [-0.2, 0) is 13.0 Å². The molecule has 7 heteroatoms. The Morgan fingerprint density at radius 3 is 2.62 bits per heavy atom. The van der Waals surface area contributed by atoms with Crippen LogP contribution in [0.3, 0.4) is 0 Å². The Hall–Kier alpha value is -3.61. The number of halogens is 1. The van der Waals surface area contributed by atoms with Gasteiger partial charge in [0.25, 0.3) is 5.91 Å². The van der Waals surface area contributed by atoms with Crippen LogP contribution in [0.1, 0.15) is 32.1 Å². The van der Waals surface area contributed by atoms with Gasteiger partial charge in [0.15, 0.2) is 10.9 Å². The van der Waals surface area contributed by atoms with Gasteiger partial charge in [-0.3, -0.25) is 10.1 Å². The van der Waals surface area contributed by atoms with Crippen LogP contribution in [0.25, 0.3) is 11.0 Å². The van der Waals surface area contributed by atoms with Gasteiger partial charge in [0, 0.05) is 33.5 Å². The summed E-state index contributed by atoms with van der Waals surface area (Å²) >= 11 is 7.39. The molecule has 5 rings (SSSR count). The third-order valence-electron chi connectivity index (χ3n) is 5.37. The average Bonchev–Trinajstić information content (AvgIpc) is 3.44. The van der Waals surface area contributed by atoms with Crippen LogP contribution in [0.5, 0.6) is 5.75 Å². The Bertz CT molecular complexity index is 1440. The lowest BCUT2D eigenvalue weighted by atomic mass is 10.1. The second-order valence-electron chi connectivity index (χ2n) is 7.90. The number of furan rings is 1. The number of nitrogens with zero attached hydrogens (tertiary/aromatic N) is 1. The minimum Gasteiger partial charge on any atom is -0.489 e. The second kappa shape index (κ2) is 9.71. The number of aryl methyl sites for hydroxylation is 1. The van der Waals surface area contributed by atoms with Crippen molar-refractivity contribution >= 4 is 44.9 Å². The maximum Gasteiger partial charge on any atom is 0.293 e. The molecule has 0 atom stereocenters. The van der Waals surface area contributed by atoms with Crippen molar-refractivity contribution in [2.75, 3.05) is 5.32 Å². The van der Waals surface area contributed by atoms with Gasteiger partial charge in [-0.1, -0.05) is 59.6 Å². The number of nitrogens with one attached hydrogen (secondary N) is 1. The van der Waals surface area contributed by atoms with Crippen LogP contribution in [-0.4, -0.2) is 10.9 Å². The lowest BCUT2D eigenvalue weighted by Crippen LogP contribution is -2.13. The van der Waals surface area contributed by atoms with Crippen molar-refractivity contribution < 1.29 is 13.9 Å². The molecule has 0 bridgehead atoms. The van der Waals surface area contributed by atoms with Crippen molar-refractivity contribution in [3.8, 4) is 5.75 Å². The third-order valence-corrected chi connectivity index (χ3v) is 6.54. The molecule has 0 aliphatic rings. The Kier molecular flexibility index (Phi) is 6.34. The van der Waals surface area contributed by atoms with E-state index < -0.39 is 0 Å². The van der Waals surface area contributed by atoms with Crippen LogP contribution < -0.4 is 10.1 Å². The first kappa shape index (κ1) is 22.2. The van der Waals surface area contributed by atoms with Crippen LogP contribution in [0.2, 0.25) is 5.02 Å². The highest BCUT2D eigenvalue weighted by atomic mass is 35.5. The van der Waals surface area contributed by atoms with Gasteiger partial charge in [-0.25, -0.2) is 4.98 Å². The summed E-state index contributed by atoms with van der Waals surface area (Å²) in [6.07, 6.45) is 2.49. The zero-order valence-corrected chi connectivity index (χ0v) is 20.0. The van der Waals surface area contributed by atoms with Gasteiger partial charge in [0.05, 0.1) is 0 Å². The van der Waals surface area contributed by atoms with Gasteiger partial charge in [-0.2, -0.15) is 0 Å². The van der Waals surface area contributed by atoms with E-state index in [-0.39, 0.29) is 18.3 Å². The smallest absolute Gasteiger partial charge is 0.293 e. The molecular formula is C27H21ClN2O3S. The summed E-state index contributed by atoms with van der Waals surface area (Å²) in [6.45, 7) is 2.23. The molecule has 0 radical (unpaired) electrons. The second-order valence-corrected chi connectivity index (χ2v) is 9.45. The maximum absolute atomic E-state index is 13.2. The molecule has 0 spiro atoms. The topological polar surface area (TPSA) is 64.4 Å². The van der Waals surface area contributed by atoms with Crippen LogP contribution in [0, 0.1) is 6.92 Å². The molecular weight excluding hydrogens is 468 g/mol. The first-order valence-corrected chi connectivity index (χ1v) is 11.9. The lowest BCUT2D eigenvalue weighted by molar-refractivity contribution is 0.0995. The number of benzene rings is 3. The Labute approximate surface area is 206 Å². The molecule has 34 heavy (non-hydrogen) atoms. The van der Waals surface area contributed by atoms with E-state index in [1.165, 1.54) is 11.3 Å². The van der Waals surface area contributed by atoms with E-state index in [4.69, 9.17) is 20.8 Å². The zero-order chi connectivity index (χ0) is 23.5. The molecule has 0 saturated heterocycles. The molecule has 0 fully saturated rings. The van der Waals surface area contributed by atoms with Gasteiger partial charge in [0.2, 0.25) is 0 Å². The Morgan fingerprint density at radius 2 is 1.82 bits per heavy atom. The molecule has 0 aliphatic carbocycles. The quantitative estimate of drug-likeness (QED) is 0.261. The molecule has 0 saturated carbocycles. The number of fused-ring (bicyclic) bond motifs is 1. The summed E-state index contributed by atoms with van der Waals surface area (Å²) in [5.74, 6) is 0.600. The van der Waals surface area contributed by atoms with E-state index in [2.05, 4.69) is 10.3 Å². The zero-order valence-electron chi connectivity index (χ0n) is 18.4. The Balaban J connectivity index is 1.34. The number of thiazole rings is 1. The van der Waals surface area contributed by atoms with Crippen LogP contribution in [0.15, 0.2) is 83.4 Å². The number of anilines is 1. The maximum atomic E-state index is 13.2. The van der Waals surface area contributed by atoms with Crippen LogP contribution in [0.4, 0.5) is 5.13 Å². The summed E-state index contributed by atoms with van der Waals surface area (Å²) in [7, 11) is 0. The first-order valence-electron chi connectivity index (χ1n) is 10.8. The molecule has 170 valence electrons. The molecule has 1 amide bonds. The van der Waals surface area contributed by atoms with E-state index in [0.717, 1.165) is 27.1 Å². The minimum absolute atomic E-state index is 0.211. The van der Waals surface area contributed by atoms with Crippen molar-refractivity contribution in [3.63, 3.8) is 0 Å². The molecule has 0 aliphatic heterocycles. The van der Waals surface area contributed by atoms with E-state index in [0.29, 0.717) is 27.7 Å². The highest BCUT2D eigenvalue weighted by Crippen LogP contribution is 2.29. The SMILES string of the molecule is Cc1ccc(OCc2c(C(=O)Nc3ncc(Cc4ccc(Cl)cc4)s3)oc3ccccc23)cc1. The predicted octanol–water partition coefficient (Wildman–Crippen LogP) is 7.27. The van der Waals surface area contributed by atoms with Crippen molar-refractivity contribution in [1.29, 1.82) is 0 Å². The number of hydrogen-bond acceptors (Lipinski definition) is 5. The molecule has 2 aromatic heterocycles. The van der Waals surface area contributed by atoms with Crippen molar-refractivity contribution in [1.82, 2.24) is 4.98 Å². The Morgan fingerprint density at radius 1 is 1.06 bits per heavy atom. The van der Waals surface area contributed by atoms with Crippen molar-refractivity contribution in [2.45, 2.75) is 20.0 Å². The normalized spacial score (nSPS) is 11.0. The molecule has 3 aromatic carbocycles. The highest BCUT2D eigenvalue weighted by molar-refractivity contribution is 7.15. The predicted molar refractivity (Wildman–Crippen MR) is 136 cm³/mol. The van der Waals surface area contributed by atoms with E-state index in [9.17, 15) is 4.79 Å². The molecule has 5 aromatic rings. The monoisotopic (exact) mass is 488 g/mol. The number of para-hydroxylation sites is 1. The first-order chi connectivity index (χ1) is 16.5. The summed E-state index contributed by atoms with van der Waals surface area (Å²) in [5.41, 5.74) is 3.61. The number of aromatic nitrogens is 1. The van der Waals surface area contributed by atoms with E-state index in [1.807, 2.05) is 79.7 Å². The van der Waals surface area contributed by atoms with Gasteiger partial charge in [0.1, 0.15) is 17.9 Å². The van der Waals surface area contributed by atoms with Gasteiger partial charge >= 0.3 is 0 Å². The van der Waals surface area contributed by atoms with Crippen LogP contribution >= 0.6 is 22.9 Å². The molecule has 2 heterocycles. The summed E-state index contributed by atoms with van der Waals surface area (Å²) in [5, 5.41) is 4.94.